The first-order valence-electron chi connectivity index (χ1n) is 7.08. The van der Waals surface area contributed by atoms with E-state index in [1.807, 2.05) is 29.6 Å². The SMILES string of the molecule is O=C1CCC(C(=O)N[C@H](c2ccc(Cl)cc2)c2cccs2)=NN1. The number of rotatable bonds is 4. The zero-order valence-electron chi connectivity index (χ0n) is 12.1. The normalized spacial score (nSPS) is 15.5. The number of amides is 2. The molecule has 23 heavy (non-hydrogen) atoms. The van der Waals surface area contributed by atoms with Gasteiger partial charge in [-0.3, -0.25) is 9.59 Å². The first-order chi connectivity index (χ1) is 11.1. The van der Waals surface area contributed by atoms with E-state index < -0.39 is 0 Å². The predicted octanol–water partition coefficient (Wildman–Crippen LogP) is 2.87. The Morgan fingerprint density at radius 3 is 2.65 bits per heavy atom. The summed E-state index contributed by atoms with van der Waals surface area (Å²) in [7, 11) is 0. The molecule has 5 nitrogen and oxygen atoms in total. The minimum absolute atomic E-state index is 0.172. The molecule has 118 valence electrons. The highest BCUT2D eigenvalue weighted by Gasteiger charge is 2.23. The van der Waals surface area contributed by atoms with Gasteiger partial charge >= 0.3 is 0 Å². The molecule has 1 atom stereocenters. The minimum Gasteiger partial charge on any atom is -0.339 e. The van der Waals surface area contributed by atoms with E-state index in [0.717, 1.165) is 10.4 Å². The average molecular weight is 348 g/mol. The number of nitrogens with zero attached hydrogens (tertiary/aromatic N) is 1. The van der Waals surface area contributed by atoms with Crippen LogP contribution in [0.3, 0.4) is 0 Å². The number of thiophene rings is 1. The Bertz CT molecular complexity index is 741. The fourth-order valence-corrected chi connectivity index (χ4v) is 3.21. The molecule has 2 heterocycles. The molecule has 1 aliphatic rings. The van der Waals surface area contributed by atoms with Crippen LogP contribution in [0.2, 0.25) is 5.02 Å². The van der Waals surface area contributed by atoms with Gasteiger partial charge in [-0.1, -0.05) is 29.8 Å². The number of nitrogens with one attached hydrogen (secondary N) is 2. The lowest BCUT2D eigenvalue weighted by Gasteiger charge is -2.20. The summed E-state index contributed by atoms with van der Waals surface area (Å²) in [6.07, 6.45) is 0.617. The third-order valence-corrected chi connectivity index (χ3v) is 4.66. The number of hydrazone groups is 1. The lowest BCUT2D eigenvalue weighted by Crippen LogP contribution is -2.38. The van der Waals surface area contributed by atoms with Crippen molar-refractivity contribution in [2.75, 3.05) is 0 Å². The molecule has 1 aromatic heterocycles. The Labute approximate surface area is 142 Å². The van der Waals surface area contributed by atoms with Crippen molar-refractivity contribution < 1.29 is 9.59 Å². The van der Waals surface area contributed by atoms with Crippen LogP contribution in [-0.2, 0) is 9.59 Å². The fourth-order valence-electron chi connectivity index (χ4n) is 2.28. The molecular weight excluding hydrogens is 334 g/mol. The molecule has 2 amide bonds. The lowest BCUT2D eigenvalue weighted by atomic mass is 10.0. The van der Waals surface area contributed by atoms with E-state index in [1.54, 1.807) is 23.5 Å². The van der Waals surface area contributed by atoms with Crippen LogP contribution in [-0.4, -0.2) is 17.5 Å². The van der Waals surface area contributed by atoms with Gasteiger partial charge < -0.3 is 5.32 Å². The average Bonchev–Trinajstić information content (AvgIpc) is 3.08. The van der Waals surface area contributed by atoms with Gasteiger partial charge in [-0.2, -0.15) is 5.10 Å². The van der Waals surface area contributed by atoms with E-state index in [-0.39, 0.29) is 24.3 Å². The van der Waals surface area contributed by atoms with E-state index in [1.165, 1.54) is 0 Å². The second-order valence-corrected chi connectivity index (χ2v) is 6.48. The molecule has 0 saturated carbocycles. The number of halogens is 1. The number of hydrogen-bond acceptors (Lipinski definition) is 4. The molecule has 1 aromatic carbocycles. The van der Waals surface area contributed by atoms with Crippen LogP contribution >= 0.6 is 22.9 Å². The van der Waals surface area contributed by atoms with Crippen LogP contribution in [0, 0.1) is 0 Å². The lowest BCUT2D eigenvalue weighted by molar-refractivity contribution is -0.121. The van der Waals surface area contributed by atoms with Crippen molar-refractivity contribution in [3.8, 4) is 0 Å². The first-order valence-corrected chi connectivity index (χ1v) is 8.34. The second-order valence-electron chi connectivity index (χ2n) is 5.07. The van der Waals surface area contributed by atoms with Crippen molar-refractivity contribution >= 4 is 40.5 Å². The maximum absolute atomic E-state index is 12.4. The predicted molar refractivity (Wildman–Crippen MR) is 90.6 cm³/mol. The molecule has 0 bridgehead atoms. The number of benzene rings is 1. The Balaban J connectivity index is 1.83. The molecule has 0 aliphatic carbocycles. The van der Waals surface area contributed by atoms with Gasteiger partial charge in [0, 0.05) is 22.7 Å². The van der Waals surface area contributed by atoms with E-state index in [4.69, 9.17) is 11.6 Å². The summed E-state index contributed by atoms with van der Waals surface area (Å²) in [5, 5.41) is 9.43. The molecule has 2 N–H and O–H groups in total. The molecule has 0 fully saturated rings. The molecule has 0 saturated heterocycles. The molecule has 0 radical (unpaired) electrons. The van der Waals surface area contributed by atoms with Gasteiger partial charge in [0.25, 0.3) is 5.91 Å². The quantitative estimate of drug-likeness (QED) is 0.892. The highest BCUT2D eigenvalue weighted by Crippen LogP contribution is 2.27. The summed E-state index contributed by atoms with van der Waals surface area (Å²) in [5.74, 6) is -0.451. The summed E-state index contributed by atoms with van der Waals surface area (Å²) in [5.41, 5.74) is 3.61. The smallest absolute Gasteiger partial charge is 0.268 e. The highest BCUT2D eigenvalue weighted by molar-refractivity contribution is 7.10. The van der Waals surface area contributed by atoms with Gasteiger partial charge in [0.15, 0.2) is 0 Å². The van der Waals surface area contributed by atoms with Crippen molar-refractivity contribution in [2.24, 2.45) is 5.10 Å². The van der Waals surface area contributed by atoms with Crippen LogP contribution in [0.5, 0.6) is 0 Å². The number of hydrogen-bond donors (Lipinski definition) is 2. The third-order valence-electron chi connectivity index (χ3n) is 3.47. The van der Waals surface area contributed by atoms with Crippen molar-refractivity contribution in [1.82, 2.24) is 10.7 Å². The van der Waals surface area contributed by atoms with Crippen LogP contribution in [0.1, 0.15) is 29.3 Å². The Morgan fingerprint density at radius 1 is 1.26 bits per heavy atom. The molecule has 0 unspecified atom stereocenters. The van der Waals surface area contributed by atoms with Gasteiger partial charge in [-0.15, -0.1) is 11.3 Å². The minimum atomic E-state index is -0.279. The van der Waals surface area contributed by atoms with Crippen molar-refractivity contribution in [2.45, 2.75) is 18.9 Å². The Morgan fingerprint density at radius 2 is 2.04 bits per heavy atom. The summed E-state index contributed by atoms with van der Waals surface area (Å²) in [6, 6.07) is 11.0. The molecule has 1 aliphatic heterocycles. The summed E-state index contributed by atoms with van der Waals surface area (Å²) >= 11 is 7.50. The van der Waals surface area contributed by atoms with E-state index in [9.17, 15) is 9.59 Å². The molecule has 0 spiro atoms. The van der Waals surface area contributed by atoms with Gasteiger partial charge in [0.1, 0.15) is 5.71 Å². The van der Waals surface area contributed by atoms with E-state index >= 15 is 0 Å². The van der Waals surface area contributed by atoms with Gasteiger partial charge in [0.05, 0.1) is 6.04 Å². The van der Waals surface area contributed by atoms with E-state index in [0.29, 0.717) is 17.2 Å². The topological polar surface area (TPSA) is 70.6 Å². The van der Waals surface area contributed by atoms with Crippen LogP contribution in [0.4, 0.5) is 0 Å². The van der Waals surface area contributed by atoms with Crippen molar-refractivity contribution in [3.05, 3.63) is 57.2 Å². The Kier molecular flexibility index (Phi) is 4.73. The maximum atomic E-state index is 12.4. The van der Waals surface area contributed by atoms with Crippen molar-refractivity contribution in [1.29, 1.82) is 0 Å². The van der Waals surface area contributed by atoms with Gasteiger partial charge in [-0.25, -0.2) is 5.43 Å². The standard InChI is InChI=1S/C16H14ClN3O2S/c17-11-5-3-10(4-6-11)15(13-2-1-9-23-13)18-16(22)12-7-8-14(21)20-19-12/h1-6,9,15H,7-8H2,(H,18,22)(H,20,21)/t15-/m1/s1. The Hall–Kier alpha value is -2.18. The third kappa shape index (κ3) is 3.78. The monoisotopic (exact) mass is 347 g/mol. The number of carbonyl (C=O) groups is 2. The zero-order valence-corrected chi connectivity index (χ0v) is 13.7. The highest BCUT2D eigenvalue weighted by atomic mass is 35.5. The summed E-state index contributed by atoms with van der Waals surface area (Å²) < 4.78 is 0. The van der Waals surface area contributed by atoms with Crippen LogP contribution < -0.4 is 10.7 Å². The van der Waals surface area contributed by atoms with E-state index in [2.05, 4.69) is 15.8 Å². The molecule has 7 heteroatoms. The molecule has 3 rings (SSSR count). The molecular formula is C16H14ClN3O2S. The number of carbonyl (C=O) groups excluding carboxylic acids is 2. The van der Waals surface area contributed by atoms with Crippen LogP contribution in [0.15, 0.2) is 46.9 Å². The summed E-state index contributed by atoms with van der Waals surface area (Å²) in [4.78, 5) is 24.6. The maximum Gasteiger partial charge on any atom is 0.268 e. The summed E-state index contributed by atoms with van der Waals surface area (Å²) in [6.45, 7) is 0. The van der Waals surface area contributed by atoms with Gasteiger partial charge in [0.2, 0.25) is 5.91 Å². The largest absolute Gasteiger partial charge is 0.339 e. The molecule has 2 aromatic rings. The fraction of sp³-hybridized carbons (Fsp3) is 0.188. The zero-order chi connectivity index (χ0) is 16.2. The van der Waals surface area contributed by atoms with Gasteiger partial charge in [-0.05, 0) is 29.1 Å². The van der Waals surface area contributed by atoms with Crippen molar-refractivity contribution in [3.63, 3.8) is 0 Å². The first kappa shape index (κ1) is 15.7. The second kappa shape index (κ2) is 6.93. The van der Waals surface area contributed by atoms with Crippen LogP contribution in [0.25, 0.3) is 0 Å².